The van der Waals surface area contributed by atoms with Crippen molar-refractivity contribution < 1.29 is 14.3 Å². The molecular formula is C19H28N4O3. The van der Waals surface area contributed by atoms with Gasteiger partial charge in [0.2, 0.25) is 5.91 Å². The lowest BCUT2D eigenvalue weighted by molar-refractivity contribution is -0.121. The van der Waals surface area contributed by atoms with E-state index in [1.54, 1.807) is 4.90 Å². The molecule has 1 aromatic heterocycles. The number of aryl methyl sites for hydroxylation is 2. The third-order valence-electron chi connectivity index (χ3n) is 5.21. The highest BCUT2D eigenvalue weighted by Gasteiger charge is 2.67. The van der Waals surface area contributed by atoms with Crippen molar-refractivity contribution in [2.75, 3.05) is 11.9 Å². The molecule has 0 spiro atoms. The van der Waals surface area contributed by atoms with Crippen molar-refractivity contribution in [1.82, 2.24) is 9.88 Å². The molecule has 2 aliphatic rings. The second-order valence-corrected chi connectivity index (χ2v) is 8.50. The minimum absolute atomic E-state index is 0.0235. The summed E-state index contributed by atoms with van der Waals surface area (Å²) >= 11 is 0. The van der Waals surface area contributed by atoms with Gasteiger partial charge in [0.05, 0.1) is 0 Å². The normalized spacial score (nSPS) is 27.1. The Balaban J connectivity index is 1.81. The number of hydrogen-bond donors (Lipinski definition) is 2. The minimum Gasteiger partial charge on any atom is -0.444 e. The maximum atomic E-state index is 12.9. The van der Waals surface area contributed by atoms with E-state index in [9.17, 15) is 9.59 Å². The maximum Gasteiger partial charge on any atom is 0.411 e. The monoisotopic (exact) mass is 360 g/mol. The topological polar surface area (TPSA) is 97.6 Å². The number of pyridine rings is 1. The van der Waals surface area contributed by atoms with E-state index in [-0.39, 0.29) is 17.4 Å². The van der Waals surface area contributed by atoms with E-state index in [1.165, 1.54) is 0 Å². The maximum absolute atomic E-state index is 12.9. The van der Waals surface area contributed by atoms with E-state index in [4.69, 9.17) is 10.5 Å². The van der Waals surface area contributed by atoms with Gasteiger partial charge in [0.15, 0.2) is 0 Å². The van der Waals surface area contributed by atoms with Crippen molar-refractivity contribution in [3.05, 3.63) is 23.4 Å². The van der Waals surface area contributed by atoms with Crippen LogP contribution in [-0.4, -0.2) is 46.1 Å². The summed E-state index contributed by atoms with van der Waals surface area (Å²) in [4.78, 5) is 31.6. The number of likely N-dealkylation sites (tertiary alicyclic amines) is 1. The first kappa shape index (κ1) is 18.6. The van der Waals surface area contributed by atoms with Crippen molar-refractivity contribution >= 4 is 17.8 Å². The molecule has 2 heterocycles. The van der Waals surface area contributed by atoms with Crippen molar-refractivity contribution in [3.8, 4) is 0 Å². The molecule has 1 aliphatic carbocycles. The highest BCUT2D eigenvalue weighted by atomic mass is 16.6. The van der Waals surface area contributed by atoms with Crippen LogP contribution in [0.15, 0.2) is 12.1 Å². The molecule has 1 aromatic rings. The van der Waals surface area contributed by atoms with Gasteiger partial charge in [-0.2, -0.15) is 0 Å². The van der Waals surface area contributed by atoms with E-state index in [0.717, 1.165) is 17.7 Å². The molecule has 2 fully saturated rings. The third kappa shape index (κ3) is 3.40. The average molecular weight is 360 g/mol. The summed E-state index contributed by atoms with van der Waals surface area (Å²) in [6, 6.07) is 3.20. The Bertz CT molecular complexity index is 743. The van der Waals surface area contributed by atoms with Gasteiger partial charge in [0.1, 0.15) is 17.5 Å². The first-order valence-electron chi connectivity index (χ1n) is 9.03. The summed E-state index contributed by atoms with van der Waals surface area (Å²) in [6.07, 6.45) is 0.933. The fourth-order valence-corrected chi connectivity index (χ4v) is 3.68. The van der Waals surface area contributed by atoms with Crippen LogP contribution in [0.4, 0.5) is 10.6 Å². The summed E-state index contributed by atoms with van der Waals surface area (Å²) in [7, 11) is 0. The average Bonchev–Trinajstić information content (AvgIpc) is 3.14. The van der Waals surface area contributed by atoms with E-state index in [1.807, 2.05) is 46.8 Å². The van der Waals surface area contributed by atoms with Crippen LogP contribution >= 0.6 is 0 Å². The molecule has 7 nitrogen and oxygen atoms in total. The number of piperidine rings is 1. The summed E-state index contributed by atoms with van der Waals surface area (Å²) < 4.78 is 5.53. The summed E-state index contributed by atoms with van der Waals surface area (Å²) in [5, 5.41) is 2.88. The zero-order chi connectivity index (χ0) is 19.3. The van der Waals surface area contributed by atoms with E-state index < -0.39 is 17.7 Å². The molecule has 1 saturated carbocycles. The summed E-state index contributed by atoms with van der Waals surface area (Å²) in [5.74, 6) is 0.290. The highest BCUT2D eigenvalue weighted by Crippen LogP contribution is 2.59. The van der Waals surface area contributed by atoms with Crippen LogP contribution < -0.4 is 11.1 Å². The Hall–Kier alpha value is -2.15. The van der Waals surface area contributed by atoms with Gasteiger partial charge >= 0.3 is 6.09 Å². The fraction of sp³-hybridized carbons (Fsp3) is 0.632. The Labute approximate surface area is 154 Å². The van der Waals surface area contributed by atoms with Crippen LogP contribution in [-0.2, 0) is 9.53 Å². The van der Waals surface area contributed by atoms with Crippen LogP contribution in [0.1, 0.15) is 44.9 Å². The number of carbonyl (C=O) groups is 2. The largest absolute Gasteiger partial charge is 0.444 e. The number of nitrogens with two attached hydrogens (primary N) is 1. The molecule has 7 heteroatoms. The zero-order valence-corrected chi connectivity index (χ0v) is 16.1. The van der Waals surface area contributed by atoms with Gasteiger partial charge < -0.3 is 15.8 Å². The number of aromatic nitrogens is 1. The van der Waals surface area contributed by atoms with Gasteiger partial charge in [-0.15, -0.1) is 0 Å². The molecular weight excluding hydrogens is 332 g/mol. The number of ether oxygens (including phenoxy) is 1. The summed E-state index contributed by atoms with van der Waals surface area (Å²) in [5.41, 5.74) is 6.86. The molecule has 0 radical (unpaired) electrons. The smallest absolute Gasteiger partial charge is 0.411 e. The predicted octanol–water partition coefficient (Wildman–Crippen LogP) is 2.36. The molecule has 0 bridgehead atoms. The molecule has 142 valence electrons. The second kappa shape index (κ2) is 6.23. The number of carbonyl (C=O) groups excluding carboxylic acids is 2. The van der Waals surface area contributed by atoms with Crippen molar-refractivity contribution in [2.45, 2.75) is 65.1 Å². The molecule has 2 amide bonds. The zero-order valence-electron chi connectivity index (χ0n) is 16.1. The molecule has 1 saturated heterocycles. The SMILES string of the molecule is Cc1ccc(C)c(NC(=O)[C@@H]2C[C@@]3(CN)C[C@H]3N2C(=O)OC(C)(C)C)n1. The third-order valence-corrected chi connectivity index (χ3v) is 5.21. The van der Waals surface area contributed by atoms with Gasteiger partial charge in [-0.05, 0) is 59.1 Å². The van der Waals surface area contributed by atoms with Crippen LogP contribution in [0.5, 0.6) is 0 Å². The number of nitrogens with one attached hydrogen (secondary N) is 1. The predicted molar refractivity (Wildman–Crippen MR) is 98.7 cm³/mol. The van der Waals surface area contributed by atoms with E-state index in [0.29, 0.717) is 18.8 Å². The van der Waals surface area contributed by atoms with Gasteiger partial charge in [-0.3, -0.25) is 9.69 Å². The number of fused-ring (bicyclic) bond motifs is 1. The minimum atomic E-state index is -0.615. The van der Waals surface area contributed by atoms with E-state index >= 15 is 0 Å². The standard InChI is InChI=1S/C19H28N4O3/c1-11-6-7-12(2)21-15(11)22-16(24)13-8-19(10-20)9-14(19)23(13)17(25)26-18(3,4)5/h6-7,13-14H,8-10,20H2,1-5H3,(H,21,22,24)/t13-,14+,19-/m0/s1. The van der Waals surface area contributed by atoms with Crippen LogP contribution in [0, 0.1) is 19.3 Å². The molecule has 3 rings (SSSR count). The van der Waals surface area contributed by atoms with Crippen LogP contribution in [0.2, 0.25) is 0 Å². The van der Waals surface area contributed by atoms with Gasteiger partial charge in [-0.25, -0.2) is 9.78 Å². The molecule has 26 heavy (non-hydrogen) atoms. The first-order valence-corrected chi connectivity index (χ1v) is 9.03. The number of rotatable bonds is 3. The second-order valence-electron chi connectivity index (χ2n) is 8.50. The fourth-order valence-electron chi connectivity index (χ4n) is 3.68. The van der Waals surface area contributed by atoms with Crippen molar-refractivity contribution in [1.29, 1.82) is 0 Å². The molecule has 0 unspecified atom stereocenters. The van der Waals surface area contributed by atoms with Crippen molar-refractivity contribution in [2.24, 2.45) is 11.1 Å². The summed E-state index contributed by atoms with van der Waals surface area (Å²) in [6.45, 7) is 9.68. The Morgan fingerprint density at radius 1 is 1.35 bits per heavy atom. The van der Waals surface area contributed by atoms with Gasteiger partial charge in [0.25, 0.3) is 0 Å². The molecule has 1 aliphatic heterocycles. The Kier molecular flexibility index (Phi) is 4.46. The molecule has 0 aromatic carbocycles. The van der Waals surface area contributed by atoms with Gasteiger partial charge in [0, 0.05) is 23.7 Å². The van der Waals surface area contributed by atoms with Crippen molar-refractivity contribution in [3.63, 3.8) is 0 Å². The lowest BCUT2D eigenvalue weighted by atomic mass is 9.99. The number of hydrogen-bond acceptors (Lipinski definition) is 5. The quantitative estimate of drug-likeness (QED) is 0.862. The Morgan fingerprint density at radius 2 is 2.04 bits per heavy atom. The highest BCUT2D eigenvalue weighted by molar-refractivity contribution is 5.97. The Morgan fingerprint density at radius 3 is 2.65 bits per heavy atom. The number of amides is 2. The van der Waals surface area contributed by atoms with Gasteiger partial charge in [-0.1, -0.05) is 6.07 Å². The lowest BCUT2D eigenvalue weighted by Crippen LogP contribution is -2.47. The lowest BCUT2D eigenvalue weighted by Gasteiger charge is -2.29. The van der Waals surface area contributed by atoms with Crippen LogP contribution in [0.3, 0.4) is 0 Å². The van der Waals surface area contributed by atoms with Crippen LogP contribution in [0.25, 0.3) is 0 Å². The van der Waals surface area contributed by atoms with E-state index in [2.05, 4.69) is 10.3 Å². The molecule has 3 N–H and O–H groups in total. The first-order chi connectivity index (χ1) is 12.1. The molecule has 3 atom stereocenters. The number of anilines is 1. The number of nitrogens with zero attached hydrogens (tertiary/aromatic N) is 2.